The van der Waals surface area contributed by atoms with Gasteiger partial charge in [0.2, 0.25) is 5.89 Å². The number of carboxylic acid groups (broad SMARTS) is 1. The zero-order valence-corrected chi connectivity index (χ0v) is 28.5. The summed E-state index contributed by atoms with van der Waals surface area (Å²) in [4.78, 5) is 36.6. The molecular weight excluding hydrogens is 642 g/mol. The van der Waals surface area contributed by atoms with Crippen LogP contribution in [0.4, 0.5) is 5.69 Å². The second kappa shape index (κ2) is 12.5. The molecule has 1 saturated heterocycles. The zero-order chi connectivity index (χ0) is 34.6. The first-order valence-electron chi connectivity index (χ1n) is 16.2. The Morgan fingerprint density at radius 3 is 2.69 bits per heavy atom. The van der Waals surface area contributed by atoms with Gasteiger partial charge in [-0.3, -0.25) is 14.5 Å². The van der Waals surface area contributed by atoms with E-state index in [1.54, 1.807) is 19.1 Å². The van der Waals surface area contributed by atoms with Gasteiger partial charge in [-0.1, -0.05) is 35.9 Å². The number of oxazole rings is 1. The number of nitrogens with one attached hydrogen (secondary N) is 2. The number of imidazole rings is 1. The highest BCUT2D eigenvalue weighted by molar-refractivity contribution is 6.36. The van der Waals surface area contributed by atoms with Gasteiger partial charge in [0, 0.05) is 56.0 Å². The first-order chi connectivity index (χ1) is 23.5. The molecule has 250 valence electrons. The van der Waals surface area contributed by atoms with E-state index in [4.69, 9.17) is 21.0 Å². The molecule has 7 rings (SSSR count). The van der Waals surface area contributed by atoms with E-state index in [2.05, 4.69) is 33.5 Å². The number of amides is 1. The Balaban J connectivity index is 1.17. The van der Waals surface area contributed by atoms with Crippen molar-refractivity contribution in [3.8, 4) is 28.7 Å². The lowest BCUT2D eigenvalue weighted by molar-refractivity contribution is -0.147. The van der Waals surface area contributed by atoms with Gasteiger partial charge in [-0.25, -0.2) is 9.97 Å². The average Bonchev–Trinajstić information content (AvgIpc) is 3.77. The van der Waals surface area contributed by atoms with E-state index in [1.807, 2.05) is 54.9 Å². The van der Waals surface area contributed by atoms with Crippen molar-refractivity contribution in [2.24, 2.45) is 12.5 Å². The Morgan fingerprint density at radius 2 is 1.94 bits per heavy atom. The molecule has 3 N–H and O–H groups in total. The number of hydrogen-bond donors (Lipinski definition) is 3. The Kier molecular flexibility index (Phi) is 8.27. The number of aliphatic carboxylic acids is 1. The molecule has 4 heterocycles. The average molecular weight is 678 g/mol. The number of aromatic nitrogens is 3. The number of nitrogens with zero attached hydrogens (tertiary/aromatic N) is 5. The third kappa shape index (κ3) is 5.86. The summed E-state index contributed by atoms with van der Waals surface area (Å²) in [6, 6.07) is 17.5. The highest BCUT2D eigenvalue weighted by Crippen LogP contribution is 2.39. The number of carboxylic acids is 1. The van der Waals surface area contributed by atoms with E-state index in [1.165, 1.54) is 0 Å². The number of benzene rings is 3. The van der Waals surface area contributed by atoms with Crippen molar-refractivity contribution in [3.05, 3.63) is 87.5 Å². The summed E-state index contributed by atoms with van der Waals surface area (Å²) in [5, 5.41) is 26.4. The van der Waals surface area contributed by atoms with Crippen LogP contribution in [0.5, 0.6) is 0 Å². The first kappa shape index (κ1) is 32.5. The van der Waals surface area contributed by atoms with E-state index >= 15 is 0 Å². The normalized spacial score (nSPS) is 19.1. The van der Waals surface area contributed by atoms with Crippen LogP contribution >= 0.6 is 11.6 Å². The van der Waals surface area contributed by atoms with Crippen molar-refractivity contribution in [2.75, 3.05) is 18.4 Å². The molecule has 2 aliphatic rings. The van der Waals surface area contributed by atoms with Crippen molar-refractivity contribution >= 4 is 40.3 Å². The number of carbonyl (C=O) groups is 2. The van der Waals surface area contributed by atoms with Crippen LogP contribution in [-0.2, 0) is 31.4 Å². The van der Waals surface area contributed by atoms with Gasteiger partial charge < -0.3 is 24.7 Å². The minimum absolute atomic E-state index is 0.309. The second-order valence-electron chi connectivity index (χ2n) is 13.4. The van der Waals surface area contributed by atoms with Crippen LogP contribution in [0.2, 0.25) is 5.02 Å². The van der Waals surface area contributed by atoms with Gasteiger partial charge in [0.15, 0.2) is 11.4 Å². The van der Waals surface area contributed by atoms with Gasteiger partial charge >= 0.3 is 5.97 Å². The lowest BCUT2D eigenvalue weighted by Crippen LogP contribution is -2.33. The van der Waals surface area contributed by atoms with Crippen molar-refractivity contribution < 1.29 is 19.1 Å². The molecule has 3 aromatic carbocycles. The van der Waals surface area contributed by atoms with Crippen LogP contribution in [0.1, 0.15) is 59.0 Å². The third-order valence-electron chi connectivity index (χ3n) is 9.86. The summed E-state index contributed by atoms with van der Waals surface area (Å²) >= 11 is 6.97. The molecule has 49 heavy (non-hydrogen) atoms. The molecule has 2 atom stereocenters. The fourth-order valence-electron chi connectivity index (χ4n) is 7.00. The fraction of sp³-hybridized carbons (Fsp3) is 0.324. The number of hydrogen-bond acceptors (Lipinski definition) is 8. The van der Waals surface area contributed by atoms with Gasteiger partial charge in [-0.05, 0) is 74.7 Å². The maximum atomic E-state index is 13.4. The molecule has 1 unspecified atom stereocenters. The Hall–Kier alpha value is -5.02. The second-order valence-corrected chi connectivity index (χ2v) is 13.8. The van der Waals surface area contributed by atoms with Crippen LogP contribution in [0.3, 0.4) is 0 Å². The van der Waals surface area contributed by atoms with Gasteiger partial charge in [0.25, 0.3) is 5.91 Å². The lowest BCUT2D eigenvalue weighted by Gasteiger charge is -2.20. The maximum absolute atomic E-state index is 13.4. The van der Waals surface area contributed by atoms with Crippen molar-refractivity contribution in [1.29, 1.82) is 5.26 Å². The summed E-state index contributed by atoms with van der Waals surface area (Å²) in [5.41, 5.74) is 6.97. The van der Waals surface area contributed by atoms with Crippen molar-refractivity contribution in [2.45, 2.75) is 52.7 Å². The number of carbonyl (C=O) groups excluding carboxylic acids is 1. The van der Waals surface area contributed by atoms with Crippen LogP contribution < -0.4 is 10.6 Å². The summed E-state index contributed by atoms with van der Waals surface area (Å²) < 4.78 is 8.07. The molecule has 5 aromatic rings. The number of fused-ring (bicyclic) bond motifs is 2. The topological polar surface area (TPSA) is 149 Å². The van der Waals surface area contributed by atoms with E-state index in [-0.39, 0.29) is 5.91 Å². The zero-order valence-electron chi connectivity index (χ0n) is 27.7. The summed E-state index contributed by atoms with van der Waals surface area (Å²) in [5.74, 6) is -0.440. The summed E-state index contributed by atoms with van der Waals surface area (Å²) in [6.45, 7) is 8.06. The largest absolute Gasteiger partial charge is 0.481 e. The standard InChI is InChI=1S/C37H36ClN7O4/c1-20-13-30-29(17-40-20)41-33(44(30)4)34(46)42-27-10-6-9-26(31(27)38)24-7-5-8-25(21(24)2)35-43-28-15-22(14-23(16-39)32(28)49-35)18-45-12-11-37(3,19-45)36(47)48/h5-10,14-15,20,40H,11-13,17-19H2,1-4H3,(H,42,46)(H,47,48)/t20?,37-/m1/s1. The maximum Gasteiger partial charge on any atom is 0.310 e. The minimum atomic E-state index is -0.796. The SMILES string of the molecule is Cc1c(-c2nc3cc(CN4CC[C@@](C)(C(=O)O)C4)cc(C#N)c3o2)cccc1-c1cccc(NC(=O)c2nc3c(n2C)CC(C)NC3)c1Cl. The predicted octanol–water partition coefficient (Wildman–Crippen LogP) is 6.31. The number of nitriles is 1. The molecular formula is C37H36ClN7O4. The fourth-order valence-corrected chi connectivity index (χ4v) is 7.27. The lowest BCUT2D eigenvalue weighted by atomic mass is 9.90. The van der Waals surface area contributed by atoms with Gasteiger partial charge in [-0.15, -0.1) is 0 Å². The molecule has 11 nitrogen and oxygen atoms in total. The monoisotopic (exact) mass is 677 g/mol. The highest BCUT2D eigenvalue weighted by atomic mass is 35.5. The molecule has 12 heteroatoms. The minimum Gasteiger partial charge on any atom is -0.481 e. The molecule has 0 bridgehead atoms. The molecule has 0 radical (unpaired) electrons. The molecule has 1 fully saturated rings. The molecule has 2 aliphatic heterocycles. The summed E-state index contributed by atoms with van der Waals surface area (Å²) in [6.07, 6.45) is 1.37. The Bertz CT molecular complexity index is 2200. The molecule has 0 aliphatic carbocycles. The number of halogens is 1. The molecule has 2 aromatic heterocycles. The first-order valence-corrected chi connectivity index (χ1v) is 16.6. The number of likely N-dealkylation sites (tertiary alicyclic amines) is 1. The number of rotatable bonds is 7. The molecule has 0 saturated carbocycles. The third-order valence-corrected chi connectivity index (χ3v) is 10.3. The predicted molar refractivity (Wildman–Crippen MR) is 186 cm³/mol. The summed E-state index contributed by atoms with van der Waals surface area (Å²) in [7, 11) is 1.86. The van der Waals surface area contributed by atoms with Crippen LogP contribution in [0.25, 0.3) is 33.7 Å². The van der Waals surface area contributed by atoms with E-state index in [0.717, 1.165) is 45.6 Å². The van der Waals surface area contributed by atoms with Gasteiger partial charge in [0.05, 0.1) is 27.4 Å². The van der Waals surface area contributed by atoms with Crippen LogP contribution in [0, 0.1) is 23.7 Å². The molecule has 1 amide bonds. The van der Waals surface area contributed by atoms with Crippen molar-refractivity contribution in [1.82, 2.24) is 24.8 Å². The van der Waals surface area contributed by atoms with E-state index in [9.17, 15) is 20.0 Å². The Labute approximate surface area is 288 Å². The van der Waals surface area contributed by atoms with Crippen LogP contribution in [-0.4, -0.2) is 55.5 Å². The van der Waals surface area contributed by atoms with Gasteiger partial charge in [-0.2, -0.15) is 5.26 Å². The quantitative estimate of drug-likeness (QED) is 0.180. The highest BCUT2D eigenvalue weighted by Gasteiger charge is 2.40. The Morgan fingerprint density at radius 1 is 1.18 bits per heavy atom. The van der Waals surface area contributed by atoms with Crippen molar-refractivity contribution in [3.63, 3.8) is 0 Å². The van der Waals surface area contributed by atoms with E-state index < -0.39 is 11.4 Å². The molecule has 0 spiro atoms. The smallest absolute Gasteiger partial charge is 0.310 e. The number of anilines is 1. The van der Waals surface area contributed by atoms with Gasteiger partial charge in [0.1, 0.15) is 11.6 Å². The van der Waals surface area contributed by atoms with E-state index in [0.29, 0.717) is 77.7 Å². The van der Waals surface area contributed by atoms with Crippen LogP contribution in [0.15, 0.2) is 52.9 Å².